The third-order valence-electron chi connectivity index (χ3n) is 2.15. The van der Waals surface area contributed by atoms with Gasteiger partial charge in [-0.25, -0.2) is 4.98 Å². The molecule has 0 radical (unpaired) electrons. The first kappa shape index (κ1) is 11.3. The summed E-state index contributed by atoms with van der Waals surface area (Å²) in [6.07, 6.45) is 0.383. The van der Waals surface area contributed by atoms with Gasteiger partial charge in [0.05, 0.1) is 12.1 Å². The second-order valence-electron chi connectivity index (χ2n) is 3.62. The number of aromatic nitrogens is 1. The molecule has 0 aliphatic rings. The molecule has 2 aromatic heterocycles. The van der Waals surface area contributed by atoms with Crippen LogP contribution in [-0.2, 0) is 11.2 Å². The molecule has 0 bridgehead atoms. The smallest absolute Gasteiger partial charge is 0.228 e. The molecular weight excluding hydrogens is 240 g/mol. The van der Waals surface area contributed by atoms with Gasteiger partial charge in [-0.2, -0.15) is 11.3 Å². The lowest BCUT2D eigenvalue weighted by Gasteiger charge is -2.07. The number of nitrogens with zero attached hydrogens (tertiary/aromatic N) is 2. The molecule has 2 heterocycles. The van der Waals surface area contributed by atoms with E-state index in [1.807, 2.05) is 16.8 Å². The number of rotatable bonds is 3. The second-order valence-corrected chi connectivity index (χ2v) is 5.26. The summed E-state index contributed by atoms with van der Waals surface area (Å²) < 4.78 is 0. The maximum Gasteiger partial charge on any atom is 0.228 e. The highest BCUT2D eigenvalue weighted by molar-refractivity contribution is 7.14. The van der Waals surface area contributed by atoms with E-state index in [4.69, 9.17) is 0 Å². The Hall–Kier alpha value is -1.20. The van der Waals surface area contributed by atoms with Crippen molar-refractivity contribution in [3.63, 3.8) is 0 Å². The van der Waals surface area contributed by atoms with Gasteiger partial charge in [0.1, 0.15) is 5.01 Å². The summed E-state index contributed by atoms with van der Waals surface area (Å²) in [5.41, 5.74) is 1.99. The quantitative estimate of drug-likeness (QED) is 0.841. The van der Waals surface area contributed by atoms with Crippen LogP contribution >= 0.6 is 22.7 Å². The molecule has 0 aliphatic heterocycles. The highest BCUT2D eigenvalue weighted by Crippen LogP contribution is 2.25. The standard InChI is InChI=1S/C11H12N2OS2/c1-13(2)10(14)5-9-7-16-11(12-9)8-3-4-15-6-8/h3-4,6-7H,5H2,1-2H3. The van der Waals surface area contributed by atoms with Gasteiger partial charge in [-0.15, -0.1) is 11.3 Å². The molecule has 0 saturated heterocycles. The Morgan fingerprint density at radius 2 is 2.25 bits per heavy atom. The predicted octanol–water partition coefficient (Wildman–Crippen LogP) is 2.50. The maximum atomic E-state index is 11.5. The number of carbonyl (C=O) groups is 1. The predicted molar refractivity (Wildman–Crippen MR) is 67.8 cm³/mol. The van der Waals surface area contributed by atoms with Crippen molar-refractivity contribution in [2.75, 3.05) is 14.1 Å². The Kier molecular flexibility index (Phi) is 3.36. The van der Waals surface area contributed by atoms with Gasteiger partial charge in [0.25, 0.3) is 0 Å². The monoisotopic (exact) mass is 252 g/mol. The van der Waals surface area contributed by atoms with Gasteiger partial charge < -0.3 is 4.90 Å². The van der Waals surface area contributed by atoms with Crippen LogP contribution in [0.2, 0.25) is 0 Å². The van der Waals surface area contributed by atoms with Gasteiger partial charge in [-0.1, -0.05) is 0 Å². The number of hydrogen-bond donors (Lipinski definition) is 0. The highest BCUT2D eigenvalue weighted by atomic mass is 32.1. The molecule has 84 valence electrons. The number of thiazole rings is 1. The Balaban J connectivity index is 2.11. The maximum absolute atomic E-state index is 11.5. The first-order valence-corrected chi connectivity index (χ1v) is 6.66. The van der Waals surface area contributed by atoms with Crippen molar-refractivity contribution in [3.8, 4) is 10.6 Å². The fourth-order valence-electron chi connectivity index (χ4n) is 1.22. The molecule has 0 unspecified atom stereocenters. The van der Waals surface area contributed by atoms with Crippen LogP contribution in [0.25, 0.3) is 10.6 Å². The van der Waals surface area contributed by atoms with E-state index in [1.165, 1.54) is 0 Å². The van der Waals surface area contributed by atoms with Crippen molar-refractivity contribution < 1.29 is 4.79 Å². The summed E-state index contributed by atoms with van der Waals surface area (Å²) in [5, 5.41) is 7.04. The van der Waals surface area contributed by atoms with E-state index in [9.17, 15) is 4.79 Å². The minimum Gasteiger partial charge on any atom is -0.348 e. The van der Waals surface area contributed by atoms with Crippen LogP contribution in [0.5, 0.6) is 0 Å². The fraction of sp³-hybridized carbons (Fsp3) is 0.273. The van der Waals surface area contributed by atoms with Crippen molar-refractivity contribution in [1.82, 2.24) is 9.88 Å². The molecule has 0 aliphatic carbocycles. The number of hydrogen-bond acceptors (Lipinski definition) is 4. The van der Waals surface area contributed by atoms with Crippen LogP contribution < -0.4 is 0 Å². The summed E-state index contributed by atoms with van der Waals surface area (Å²) in [4.78, 5) is 17.5. The Morgan fingerprint density at radius 3 is 2.88 bits per heavy atom. The molecule has 1 amide bonds. The fourth-order valence-corrected chi connectivity index (χ4v) is 2.75. The molecule has 2 aromatic rings. The largest absolute Gasteiger partial charge is 0.348 e. The average molecular weight is 252 g/mol. The minimum absolute atomic E-state index is 0.0853. The first-order chi connectivity index (χ1) is 7.66. The Bertz CT molecular complexity index is 474. The zero-order chi connectivity index (χ0) is 11.5. The van der Waals surface area contributed by atoms with E-state index in [0.717, 1.165) is 16.3 Å². The minimum atomic E-state index is 0.0853. The normalized spacial score (nSPS) is 10.4. The van der Waals surface area contributed by atoms with Gasteiger partial charge in [-0.3, -0.25) is 4.79 Å². The summed E-state index contributed by atoms with van der Waals surface area (Å²) in [6, 6.07) is 2.04. The van der Waals surface area contributed by atoms with Crippen LogP contribution in [0, 0.1) is 0 Å². The summed E-state index contributed by atoms with van der Waals surface area (Å²) in [6.45, 7) is 0. The average Bonchev–Trinajstić information content (AvgIpc) is 2.85. The zero-order valence-electron chi connectivity index (χ0n) is 9.14. The molecule has 0 N–H and O–H groups in total. The SMILES string of the molecule is CN(C)C(=O)Cc1csc(-c2ccsc2)n1. The molecule has 16 heavy (non-hydrogen) atoms. The lowest BCUT2D eigenvalue weighted by molar-refractivity contribution is -0.128. The zero-order valence-corrected chi connectivity index (χ0v) is 10.8. The van der Waals surface area contributed by atoms with Crippen LogP contribution in [0.1, 0.15) is 5.69 Å². The van der Waals surface area contributed by atoms with Gasteiger partial charge >= 0.3 is 0 Å². The Morgan fingerprint density at radius 1 is 1.44 bits per heavy atom. The van der Waals surface area contributed by atoms with Gasteiger partial charge in [0.15, 0.2) is 0 Å². The number of amides is 1. The van der Waals surface area contributed by atoms with Crippen molar-refractivity contribution in [2.45, 2.75) is 6.42 Å². The topological polar surface area (TPSA) is 33.2 Å². The van der Waals surface area contributed by atoms with Gasteiger partial charge in [0.2, 0.25) is 5.91 Å². The lowest BCUT2D eigenvalue weighted by atomic mass is 10.3. The van der Waals surface area contributed by atoms with E-state index in [1.54, 1.807) is 41.7 Å². The molecule has 5 heteroatoms. The molecule has 0 spiro atoms. The van der Waals surface area contributed by atoms with Crippen molar-refractivity contribution in [3.05, 3.63) is 27.9 Å². The molecular formula is C11H12N2OS2. The van der Waals surface area contributed by atoms with E-state index in [-0.39, 0.29) is 5.91 Å². The lowest BCUT2D eigenvalue weighted by Crippen LogP contribution is -2.23. The van der Waals surface area contributed by atoms with Crippen LogP contribution in [0.3, 0.4) is 0 Å². The first-order valence-electron chi connectivity index (χ1n) is 4.84. The molecule has 0 aromatic carbocycles. The molecule has 2 rings (SSSR count). The summed E-state index contributed by atoms with van der Waals surface area (Å²) in [5.74, 6) is 0.0853. The molecule has 0 fully saturated rings. The van der Waals surface area contributed by atoms with Crippen molar-refractivity contribution in [2.24, 2.45) is 0 Å². The molecule has 3 nitrogen and oxygen atoms in total. The van der Waals surface area contributed by atoms with Crippen molar-refractivity contribution in [1.29, 1.82) is 0 Å². The van der Waals surface area contributed by atoms with Gasteiger partial charge in [-0.05, 0) is 11.4 Å². The van der Waals surface area contributed by atoms with E-state index in [2.05, 4.69) is 10.4 Å². The number of carbonyl (C=O) groups excluding carboxylic acids is 1. The molecule has 0 atom stereocenters. The van der Waals surface area contributed by atoms with E-state index < -0.39 is 0 Å². The second kappa shape index (κ2) is 4.76. The highest BCUT2D eigenvalue weighted by Gasteiger charge is 2.10. The van der Waals surface area contributed by atoms with Crippen LogP contribution in [0.4, 0.5) is 0 Å². The van der Waals surface area contributed by atoms with Crippen molar-refractivity contribution >= 4 is 28.6 Å². The number of thiophene rings is 1. The van der Waals surface area contributed by atoms with E-state index >= 15 is 0 Å². The summed E-state index contributed by atoms with van der Waals surface area (Å²) in [7, 11) is 3.52. The Labute approximate surface area is 102 Å². The number of likely N-dealkylation sites (N-methyl/N-ethyl adjacent to an activating group) is 1. The molecule has 0 saturated carbocycles. The summed E-state index contributed by atoms with van der Waals surface area (Å²) >= 11 is 3.24. The third kappa shape index (κ3) is 2.48. The third-order valence-corrected chi connectivity index (χ3v) is 3.77. The van der Waals surface area contributed by atoms with E-state index in [0.29, 0.717) is 6.42 Å². The van der Waals surface area contributed by atoms with Crippen LogP contribution in [-0.4, -0.2) is 29.9 Å². The van der Waals surface area contributed by atoms with Gasteiger partial charge in [0, 0.05) is 30.4 Å². The van der Waals surface area contributed by atoms with Crippen LogP contribution in [0.15, 0.2) is 22.2 Å².